The smallest absolute Gasteiger partial charge is 0.0927 e. The Labute approximate surface area is 84.3 Å². The van der Waals surface area contributed by atoms with E-state index < -0.39 is 0 Å². The van der Waals surface area contributed by atoms with Crippen LogP contribution >= 0.6 is 27.3 Å². The lowest BCUT2D eigenvalue weighted by atomic mass is 10.3. The fraction of sp³-hybridized carbons (Fsp3) is 0.375. The molecule has 0 saturated carbocycles. The van der Waals surface area contributed by atoms with Crippen molar-refractivity contribution in [1.29, 1.82) is 5.26 Å². The van der Waals surface area contributed by atoms with Gasteiger partial charge in [0.05, 0.1) is 12.1 Å². The van der Waals surface area contributed by atoms with Crippen LogP contribution in [0.4, 0.5) is 0 Å². The Kier molecular flexibility index (Phi) is 3.73. The molecular formula is C8H9BrN2S. The quantitative estimate of drug-likeness (QED) is 0.888. The number of thiophene rings is 1. The van der Waals surface area contributed by atoms with Crippen molar-refractivity contribution in [3.05, 3.63) is 20.8 Å². The summed E-state index contributed by atoms with van der Waals surface area (Å²) < 4.78 is 1.11. The van der Waals surface area contributed by atoms with Crippen molar-refractivity contribution in [2.75, 3.05) is 0 Å². The van der Waals surface area contributed by atoms with Gasteiger partial charge in [0.15, 0.2) is 0 Å². The first kappa shape index (κ1) is 9.72. The van der Waals surface area contributed by atoms with E-state index in [1.54, 1.807) is 11.3 Å². The van der Waals surface area contributed by atoms with E-state index >= 15 is 0 Å². The molecule has 1 unspecified atom stereocenters. The first-order valence-corrected chi connectivity index (χ1v) is 5.25. The molecule has 1 atom stereocenters. The highest BCUT2D eigenvalue weighted by Crippen LogP contribution is 2.19. The topological polar surface area (TPSA) is 35.8 Å². The predicted octanol–water partition coefficient (Wildman–Crippen LogP) is 2.51. The maximum atomic E-state index is 8.50. The second kappa shape index (κ2) is 4.61. The Morgan fingerprint density at radius 2 is 2.58 bits per heavy atom. The van der Waals surface area contributed by atoms with Crippen LogP contribution in [0.5, 0.6) is 0 Å². The number of hydrogen-bond donors (Lipinski definition) is 1. The number of hydrogen-bond acceptors (Lipinski definition) is 3. The molecule has 0 aliphatic rings. The Morgan fingerprint density at radius 3 is 3.08 bits per heavy atom. The fourth-order valence-electron chi connectivity index (χ4n) is 0.746. The summed E-state index contributed by atoms with van der Waals surface area (Å²) in [6, 6.07) is 4.10. The molecule has 2 nitrogen and oxygen atoms in total. The highest BCUT2D eigenvalue weighted by Gasteiger charge is 2.00. The first-order chi connectivity index (χ1) is 5.72. The lowest BCUT2D eigenvalue weighted by Crippen LogP contribution is -2.22. The summed E-state index contributed by atoms with van der Waals surface area (Å²) in [5.74, 6) is 0. The van der Waals surface area contributed by atoms with Gasteiger partial charge in [-0.2, -0.15) is 5.26 Å². The van der Waals surface area contributed by atoms with Crippen LogP contribution in [-0.2, 0) is 6.54 Å². The van der Waals surface area contributed by atoms with E-state index in [2.05, 4.69) is 33.4 Å². The summed E-state index contributed by atoms with van der Waals surface area (Å²) in [5, 5.41) is 13.6. The molecule has 4 heteroatoms. The molecule has 0 aromatic carbocycles. The minimum atomic E-state index is -0.0779. The molecule has 1 N–H and O–H groups in total. The van der Waals surface area contributed by atoms with Crippen molar-refractivity contribution in [1.82, 2.24) is 5.32 Å². The summed E-state index contributed by atoms with van der Waals surface area (Å²) in [4.78, 5) is 1.24. The van der Waals surface area contributed by atoms with Crippen molar-refractivity contribution >= 4 is 27.3 Å². The lowest BCUT2D eigenvalue weighted by Gasteiger charge is -2.02. The maximum Gasteiger partial charge on any atom is 0.0927 e. The number of halogens is 1. The number of nitriles is 1. The van der Waals surface area contributed by atoms with E-state index in [4.69, 9.17) is 5.26 Å². The van der Waals surface area contributed by atoms with E-state index in [-0.39, 0.29) is 6.04 Å². The summed E-state index contributed by atoms with van der Waals surface area (Å²) >= 11 is 5.06. The van der Waals surface area contributed by atoms with E-state index in [0.717, 1.165) is 11.0 Å². The van der Waals surface area contributed by atoms with Gasteiger partial charge in [0.2, 0.25) is 0 Å². The molecule has 1 heterocycles. The van der Waals surface area contributed by atoms with Crippen LogP contribution in [-0.4, -0.2) is 6.04 Å². The zero-order valence-corrected chi connectivity index (χ0v) is 9.08. The molecule has 0 bridgehead atoms. The normalized spacial score (nSPS) is 12.4. The van der Waals surface area contributed by atoms with Gasteiger partial charge in [-0.15, -0.1) is 11.3 Å². The summed E-state index contributed by atoms with van der Waals surface area (Å²) in [6.45, 7) is 2.62. The van der Waals surface area contributed by atoms with Gasteiger partial charge < -0.3 is 0 Å². The Bertz CT molecular complexity index is 289. The monoisotopic (exact) mass is 244 g/mol. The second-order valence-electron chi connectivity index (χ2n) is 2.46. The third kappa shape index (κ3) is 2.94. The van der Waals surface area contributed by atoms with Crippen molar-refractivity contribution < 1.29 is 0 Å². The molecule has 0 saturated heterocycles. The molecular weight excluding hydrogens is 236 g/mol. The Hall–Kier alpha value is -0.370. The highest BCUT2D eigenvalue weighted by atomic mass is 79.9. The number of rotatable bonds is 3. The van der Waals surface area contributed by atoms with Crippen LogP contribution in [0.1, 0.15) is 11.8 Å². The molecule has 0 aliphatic heterocycles. The summed E-state index contributed by atoms with van der Waals surface area (Å²) in [6.07, 6.45) is 0. The molecule has 64 valence electrons. The average molecular weight is 245 g/mol. The summed E-state index contributed by atoms with van der Waals surface area (Å²) in [7, 11) is 0. The molecule has 12 heavy (non-hydrogen) atoms. The van der Waals surface area contributed by atoms with Crippen LogP contribution in [0.2, 0.25) is 0 Å². The minimum absolute atomic E-state index is 0.0779. The van der Waals surface area contributed by atoms with E-state index in [1.807, 2.05) is 12.3 Å². The lowest BCUT2D eigenvalue weighted by molar-refractivity contribution is 0.648. The third-order valence-corrected chi connectivity index (χ3v) is 3.10. The van der Waals surface area contributed by atoms with Gasteiger partial charge in [0.1, 0.15) is 0 Å². The third-order valence-electron chi connectivity index (χ3n) is 1.40. The highest BCUT2D eigenvalue weighted by molar-refractivity contribution is 9.10. The van der Waals surface area contributed by atoms with E-state index in [0.29, 0.717) is 0 Å². The van der Waals surface area contributed by atoms with Crippen LogP contribution in [0.25, 0.3) is 0 Å². The Balaban J connectivity index is 2.39. The molecule has 0 radical (unpaired) electrons. The van der Waals surface area contributed by atoms with Crippen molar-refractivity contribution in [3.63, 3.8) is 0 Å². The Morgan fingerprint density at radius 1 is 1.83 bits per heavy atom. The largest absolute Gasteiger partial charge is 0.297 e. The summed E-state index contributed by atoms with van der Waals surface area (Å²) in [5.41, 5.74) is 0. The molecule has 1 aromatic heterocycles. The standard InChI is InChI=1S/C8H9BrN2S/c1-6(3-10)11-4-8-2-7(9)5-12-8/h2,5-6,11H,4H2,1H3. The van der Waals surface area contributed by atoms with Gasteiger partial charge in [0, 0.05) is 21.3 Å². The fourth-order valence-corrected chi connectivity index (χ4v) is 2.15. The SMILES string of the molecule is CC(C#N)NCc1cc(Br)cs1. The maximum absolute atomic E-state index is 8.50. The molecule has 1 rings (SSSR count). The van der Waals surface area contributed by atoms with Crippen molar-refractivity contribution in [3.8, 4) is 6.07 Å². The number of nitrogens with one attached hydrogen (secondary N) is 1. The van der Waals surface area contributed by atoms with Crippen LogP contribution in [0, 0.1) is 11.3 Å². The van der Waals surface area contributed by atoms with E-state index in [1.165, 1.54) is 4.88 Å². The molecule has 0 fully saturated rings. The van der Waals surface area contributed by atoms with Crippen molar-refractivity contribution in [2.24, 2.45) is 0 Å². The van der Waals surface area contributed by atoms with Crippen LogP contribution < -0.4 is 5.32 Å². The van der Waals surface area contributed by atoms with Gasteiger partial charge in [-0.3, -0.25) is 5.32 Å². The molecule has 0 aliphatic carbocycles. The average Bonchev–Trinajstić information content (AvgIpc) is 2.47. The van der Waals surface area contributed by atoms with Crippen LogP contribution in [0.3, 0.4) is 0 Å². The molecule has 0 amide bonds. The molecule has 0 spiro atoms. The van der Waals surface area contributed by atoms with Gasteiger partial charge in [-0.25, -0.2) is 0 Å². The zero-order chi connectivity index (χ0) is 8.97. The second-order valence-corrected chi connectivity index (χ2v) is 4.37. The van der Waals surface area contributed by atoms with Gasteiger partial charge in [0.25, 0.3) is 0 Å². The van der Waals surface area contributed by atoms with E-state index in [9.17, 15) is 0 Å². The zero-order valence-electron chi connectivity index (χ0n) is 6.67. The van der Waals surface area contributed by atoms with Crippen LogP contribution in [0.15, 0.2) is 15.9 Å². The minimum Gasteiger partial charge on any atom is -0.297 e. The predicted molar refractivity (Wildman–Crippen MR) is 53.9 cm³/mol. The van der Waals surface area contributed by atoms with Gasteiger partial charge in [-0.1, -0.05) is 0 Å². The number of nitrogens with zero attached hydrogens (tertiary/aromatic N) is 1. The van der Waals surface area contributed by atoms with Gasteiger partial charge >= 0.3 is 0 Å². The van der Waals surface area contributed by atoms with Gasteiger partial charge in [-0.05, 0) is 28.9 Å². The van der Waals surface area contributed by atoms with Crippen molar-refractivity contribution in [2.45, 2.75) is 19.5 Å². The first-order valence-electron chi connectivity index (χ1n) is 3.58. The molecule has 1 aromatic rings.